The summed E-state index contributed by atoms with van der Waals surface area (Å²) in [5.41, 5.74) is 7.29. The number of hydrogen-bond acceptors (Lipinski definition) is 5. The summed E-state index contributed by atoms with van der Waals surface area (Å²) in [6.45, 7) is 1.11. The molecule has 0 bridgehead atoms. The van der Waals surface area contributed by atoms with Gasteiger partial charge in [-0.1, -0.05) is 21.1 Å². The van der Waals surface area contributed by atoms with Gasteiger partial charge in [0.05, 0.1) is 11.8 Å². The fraction of sp³-hybridized carbons (Fsp3) is 0.182. The number of nitrogens with two attached hydrogens (primary N) is 1. The lowest BCUT2D eigenvalue weighted by atomic mass is 10.1. The van der Waals surface area contributed by atoms with Crippen LogP contribution in [0.4, 0.5) is 5.88 Å². The monoisotopic (exact) mass is 296 g/mol. The number of hydrogen-bond donors (Lipinski definition) is 1. The zero-order chi connectivity index (χ0) is 11.8. The maximum atomic E-state index is 5.70. The quantitative estimate of drug-likeness (QED) is 0.875. The predicted molar refractivity (Wildman–Crippen MR) is 65.0 cm³/mol. The second-order valence-electron chi connectivity index (χ2n) is 3.58. The van der Waals surface area contributed by atoms with Crippen LogP contribution in [-0.4, -0.2) is 18.4 Å². The van der Waals surface area contributed by atoms with Crippen LogP contribution in [0.25, 0.3) is 11.1 Å². The van der Waals surface area contributed by atoms with Gasteiger partial charge >= 0.3 is 0 Å². The molecule has 0 unspecified atom stereocenters. The van der Waals surface area contributed by atoms with Crippen molar-refractivity contribution in [2.45, 2.75) is 0 Å². The zero-order valence-corrected chi connectivity index (χ0v) is 10.4. The van der Waals surface area contributed by atoms with E-state index in [4.69, 9.17) is 19.7 Å². The molecule has 88 valence electrons. The van der Waals surface area contributed by atoms with Gasteiger partial charge in [-0.2, -0.15) is 0 Å². The van der Waals surface area contributed by atoms with Crippen molar-refractivity contribution in [3.05, 3.63) is 22.8 Å². The van der Waals surface area contributed by atoms with Crippen molar-refractivity contribution in [3.8, 4) is 22.6 Å². The van der Waals surface area contributed by atoms with Crippen LogP contribution >= 0.6 is 15.9 Å². The molecular weight excluding hydrogens is 288 g/mol. The van der Waals surface area contributed by atoms with Crippen molar-refractivity contribution < 1.29 is 14.0 Å². The summed E-state index contributed by atoms with van der Waals surface area (Å²) in [5, 5.41) is 3.66. The molecule has 2 heterocycles. The van der Waals surface area contributed by atoms with Gasteiger partial charge in [-0.3, -0.25) is 0 Å². The molecule has 6 heteroatoms. The summed E-state index contributed by atoms with van der Waals surface area (Å²) in [4.78, 5) is 0. The van der Waals surface area contributed by atoms with E-state index in [0.29, 0.717) is 19.0 Å². The SMILES string of the molecule is Nc1oncc1-c1cc2c(cc1Br)OCCO2. The van der Waals surface area contributed by atoms with Crippen molar-refractivity contribution in [1.29, 1.82) is 0 Å². The van der Waals surface area contributed by atoms with Crippen molar-refractivity contribution in [1.82, 2.24) is 5.16 Å². The van der Waals surface area contributed by atoms with Gasteiger partial charge in [0, 0.05) is 10.0 Å². The standard InChI is InChI=1S/C11H9BrN2O3/c12-8-4-10-9(15-1-2-16-10)3-6(8)7-5-14-17-11(7)13/h3-5H,1-2,13H2. The smallest absolute Gasteiger partial charge is 0.229 e. The van der Waals surface area contributed by atoms with Crippen LogP contribution in [-0.2, 0) is 0 Å². The molecule has 0 fully saturated rings. The van der Waals surface area contributed by atoms with Crippen LogP contribution in [0.5, 0.6) is 11.5 Å². The van der Waals surface area contributed by atoms with E-state index in [9.17, 15) is 0 Å². The Morgan fingerprint density at radius 3 is 2.47 bits per heavy atom. The molecule has 1 aliphatic heterocycles. The third-order valence-electron chi connectivity index (χ3n) is 2.52. The van der Waals surface area contributed by atoms with E-state index in [-0.39, 0.29) is 5.88 Å². The van der Waals surface area contributed by atoms with Crippen LogP contribution in [0.1, 0.15) is 0 Å². The molecule has 2 N–H and O–H groups in total. The number of nitrogens with zero attached hydrogens (tertiary/aromatic N) is 1. The Kier molecular flexibility index (Phi) is 2.44. The maximum Gasteiger partial charge on any atom is 0.229 e. The van der Waals surface area contributed by atoms with Crippen molar-refractivity contribution in [2.24, 2.45) is 0 Å². The summed E-state index contributed by atoms with van der Waals surface area (Å²) >= 11 is 3.47. The lowest BCUT2D eigenvalue weighted by molar-refractivity contribution is 0.171. The van der Waals surface area contributed by atoms with Gasteiger partial charge < -0.3 is 19.7 Å². The molecule has 1 aromatic carbocycles. The first kappa shape index (κ1) is 10.5. The van der Waals surface area contributed by atoms with Gasteiger partial charge in [0.15, 0.2) is 11.5 Å². The number of fused-ring (bicyclic) bond motifs is 1. The molecule has 0 radical (unpaired) electrons. The Labute approximate surface area is 106 Å². The minimum atomic E-state index is 0.280. The average Bonchev–Trinajstić information content (AvgIpc) is 2.74. The number of halogens is 1. The minimum absolute atomic E-state index is 0.280. The largest absolute Gasteiger partial charge is 0.486 e. The first-order valence-electron chi connectivity index (χ1n) is 5.05. The van der Waals surface area contributed by atoms with Gasteiger partial charge in [-0.05, 0) is 12.1 Å². The summed E-state index contributed by atoms with van der Waals surface area (Å²) in [6.07, 6.45) is 1.57. The summed E-state index contributed by atoms with van der Waals surface area (Å²) in [7, 11) is 0. The van der Waals surface area contributed by atoms with Crippen LogP contribution in [0.15, 0.2) is 27.3 Å². The lowest BCUT2D eigenvalue weighted by Crippen LogP contribution is -2.15. The van der Waals surface area contributed by atoms with Gasteiger partial charge in [-0.15, -0.1) is 0 Å². The normalized spacial score (nSPS) is 13.7. The maximum absolute atomic E-state index is 5.70. The Morgan fingerprint density at radius 1 is 1.12 bits per heavy atom. The van der Waals surface area contributed by atoms with Crippen LogP contribution in [0, 0.1) is 0 Å². The summed E-state index contributed by atoms with van der Waals surface area (Å²) < 4.78 is 16.7. The first-order chi connectivity index (χ1) is 8.25. The average molecular weight is 297 g/mol. The van der Waals surface area contributed by atoms with Crippen molar-refractivity contribution in [2.75, 3.05) is 18.9 Å². The Balaban J connectivity index is 2.15. The highest BCUT2D eigenvalue weighted by Gasteiger charge is 2.18. The molecule has 0 saturated carbocycles. The summed E-state index contributed by atoms with van der Waals surface area (Å²) in [6, 6.07) is 3.72. The van der Waals surface area contributed by atoms with E-state index < -0.39 is 0 Å². The first-order valence-corrected chi connectivity index (χ1v) is 5.84. The second-order valence-corrected chi connectivity index (χ2v) is 4.43. The van der Waals surface area contributed by atoms with Gasteiger partial charge in [0.2, 0.25) is 5.88 Å². The van der Waals surface area contributed by atoms with Gasteiger partial charge in [-0.25, -0.2) is 0 Å². The molecule has 2 aromatic rings. The molecular formula is C11H9BrN2O3. The number of nitrogen functional groups attached to an aromatic ring is 1. The van der Waals surface area contributed by atoms with Crippen molar-refractivity contribution >= 4 is 21.8 Å². The fourth-order valence-electron chi connectivity index (χ4n) is 1.72. The number of anilines is 1. The molecule has 0 spiro atoms. The van der Waals surface area contributed by atoms with Crippen molar-refractivity contribution in [3.63, 3.8) is 0 Å². The highest BCUT2D eigenvalue weighted by atomic mass is 79.9. The van der Waals surface area contributed by atoms with E-state index >= 15 is 0 Å². The highest BCUT2D eigenvalue weighted by molar-refractivity contribution is 9.10. The third-order valence-corrected chi connectivity index (χ3v) is 3.18. The molecule has 0 atom stereocenters. The highest BCUT2D eigenvalue weighted by Crippen LogP contribution is 2.41. The Morgan fingerprint density at radius 2 is 1.82 bits per heavy atom. The molecule has 0 aliphatic carbocycles. The number of ether oxygens (including phenoxy) is 2. The number of benzene rings is 1. The molecule has 17 heavy (non-hydrogen) atoms. The second kappa shape index (κ2) is 3.96. The van der Waals surface area contributed by atoms with E-state index in [1.807, 2.05) is 12.1 Å². The molecule has 0 amide bonds. The number of rotatable bonds is 1. The van der Waals surface area contributed by atoms with Crippen LogP contribution in [0.2, 0.25) is 0 Å². The Bertz CT molecular complexity index is 568. The minimum Gasteiger partial charge on any atom is -0.486 e. The van der Waals surface area contributed by atoms with E-state index in [1.54, 1.807) is 6.20 Å². The predicted octanol–water partition coefficient (Wildman–Crippen LogP) is 2.46. The topological polar surface area (TPSA) is 70.5 Å². The van der Waals surface area contributed by atoms with E-state index in [2.05, 4.69) is 21.1 Å². The summed E-state index contributed by atoms with van der Waals surface area (Å²) in [5.74, 6) is 1.71. The zero-order valence-electron chi connectivity index (χ0n) is 8.77. The van der Waals surface area contributed by atoms with Gasteiger partial charge in [0.25, 0.3) is 0 Å². The molecule has 3 rings (SSSR count). The molecule has 0 saturated heterocycles. The van der Waals surface area contributed by atoms with Crippen LogP contribution in [0.3, 0.4) is 0 Å². The lowest BCUT2D eigenvalue weighted by Gasteiger charge is -2.19. The van der Waals surface area contributed by atoms with E-state index in [0.717, 1.165) is 21.3 Å². The number of aromatic nitrogens is 1. The van der Waals surface area contributed by atoms with Gasteiger partial charge in [0.1, 0.15) is 13.2 Å². The fourth-order valence-corrected chi connectivity index (χ4v) is 2.26. The van der Waals surface area contributed by atoms with Crippen LogP contribution < -0.4 is 15.2 Å². The van der Waals surface area contributed by atoms with E-state index in [1.165, 1.54) is 0 Å². The molecule has 5 nitrogen and oxygen atoms in total. The molecule has 1 aliphatic rings. The third kappa shape index (κ3) is 1.74. The molecule has 1 aromatic heterocycles. The Hall–Kier alpha value is -1.69.